The summed E-state index contributed by atoms with van der Waals surface area (Å²) in [4.78, 5) is 29.8. The van der Waals surface area contributed by atoms with E-state index in [0.717, 1.165) is 24.2 Å². The van der Waals surface area contributed by atoms with E-state index in [1.807, 2.05) is 29.2 Å². The van der Waals surface area contributed by atoms with E-state index in [2.05, 4.69) is 20.9 Å². The Labute approximate surface area is 177 Å². The maximum atomic E-state index is 12.0. The van der Waals surface area contributed by atoms with Crippen molar-refractivity contribution in [2.45, 2.75) is 38.3 Å². The minimum atomic E-state index is -3.00. The van der Waals surface area contributed by atoms with Crippen molar-refractivity contribution in [3.05, 3.63) is 29.8 Å². The summed E-state index contributed by atoms with van der Waals surface area (Å²) in [6.45, 7) is 1.72. The molecular formula is C20H29N5O4S. The lowest BCUT2D eigenvalue weighted by atomic mass is 10.2. The maximum absolute atomic E-state index is 12.0. The first-order valence-electron chi connectivity index (χ1n) is 10.2. The van der Waals surface area contributed by atoms with Gasteiger partial charge in [-0.2, -0.15) is 0 Å². The summed E-state index contributed by atoms with van der Waals surface area (Å²) >= 11 is 0. The topological polar surface area (TPSA) is 120 Å². The average molecular weight is 436 g/mol. The largest absolute Gasteiger partial charge is 0.356 e. The molecule has 0 saturated carbocycles. The molecule has 1 aromatic carbocycles. The van der Waals surface area contributed by atoms with Gasteiger partial charge in [0.1, 0.15) is 0 Å². The fourth-order valence-corrected chi connectivity index (χ4v) is 5.30. The molecule has 1 atom stereocenters. The minimum absolute atomic E-state index is 0.0279. The number of guanidine groups is 1. The molecule has 0 radical (unpaired) electrons. The van der Waals surface area contributed by atoms with Gasteiger partial charge >= 0.3 is 0 Å². The fourth-order valence-electron chi connectivity index (χ4n) is 3.62. The Balaban J connectivity index is 1.37. The Morgan fingerprint density at radius 3 is 2.60 bits per heavy atom. The number of hydrogen-bond acceptors (Lipinski definition) is 5. The molecule has 0 bridgehead atoms. The van der Waals surface area contributed by atoms with Gasteiger partial charge in [0.15, 0.2) is 15.8 Å². The Bertz CT molecular complexity index is 898. The summed E-state index contributed by atoms with van der Waals surface area (Å²) in [5.74, 6) is 0.739. The zero-order chi connectivity index (χ0) is 21.6. The number of benzene rings is 1. The van der Waals surface area contributed by atoms with E-state index in [4.69, 9.17) is 0 Å². The van der Waals surface area contributed by atoms with Crippen LogP contribution in [0.3, 0.4) is 0 Å². The van der Waals surface area contributed by atoms with Crippen molar-refractivity contribution in [2.24, 2.45) is 4.99 Å². The van der Waals surface area contributed by atoms with Crippen LogP contribution in [0.4, 0.5) is 5.69 Å². The molecule has 164 valence electrons. The molecule has 0 aromatic heterocycles. The Hall–Kier alpha value is -2.62. The molecule has 3 rings (SSSR count). The van der Waals surface area contributed by atoms with Crippen LogP contribution < -0.4 is 20.9 Å². The average Bonchev–Trinajstić information content (AvgIpc) is 3.29. The number of aliphatic imine (C=N–C) groups is 1. The molecule has 9 nitrogen and oxygen atoms in total. The van der Waals surface area contributed by atoms with Crippen LogP contribution in [-0.4, -0.2) is 63.9 Å². The van der Waals surface area contributed by atoms with Crippen molar-refractivity contribution < 1.29 is 18.0 Å². The van der Waals surface area contributed by atoms with E-state index >= 15 is 0 Å². The quantitative estimate of drug-likeness (QED) is 0.415. The van der Waals surface area contributed by atoms with Crippen LogP contribution in [-0.2, 0) is 26.0 Å². The predicted octanol–water partition coefficient (Wildman–Crippen LogP) is 0.172. The second-order valence-electron chi connectivity index (χ2n) is 7.59. The number of nitrogens with one attached hydrogen (secondary N) is 3. The van der Waals surface area contributed by atoms with E-state index in [9.17, 15) is 18.0 Å². The summed E-state index contributed by atoms with van der Waals surface area (Å²) in [5, 5.41) is 9.04. The second kappa shape index (κ2) is 9.92. The summed E-state index contributed by atoms with van der Waals surface area (Å²) in [5.41, 5.74) is 1.97. The van der Waals surface area contributed by atoms with Gasteiger partial charge in [0.2, 0.25) is 11.8 Å². The molecule has 2 saturated heterocycles. The van der Waals surface area contributed by atoms with E-state index < -0.39 is 9.84 Å². The van der Waals surface area contributed by atoms with Gasteiger partial charge in [0.05, 0.1) is 11.5 Å². The number of hydrogen-bond donors (Lipinski definition) is 3. The molecule has 2 aliphatic rings. The number of carbonyl (C=O) groups is 2. The number of nitrogens with zero attached hydrogens (tertiary/aromatic N) is 2. The molecule has 2 aliphatic heterocycles. The van der Waals surface area contributed by atoms with Crippen molar-refractivity contribution >= 4 is 33.3 Å². The first-order chi connectivity index (χ1) is 14.4. The van der Waals surface area contributed by atoms with E-state index in [-0.39, 0.29) is 35.8 Å². The number of anilines is 1. The van der Waals surface area contributed by atoms with Gasteiger partial charge in [-0.15, -0.1) is 0 Å². The van der Waals surface area contributed by atoms with E-state index in [1.165, 1.54) is 0 Å². The zero-order valence-corrected chi connectivity index (χ0v) is 18.0. The molecule has 2 amide bonds. The number of rotatable bonds is 7. The maximum Gasteiger partial charge on any atom is 0.227 e. The Kier molecular flexibility index (Phi) is 7.30. The number of carbonyl (C=O) groups excluding carboxylic acids is 2. The standard InChI is InChI=1S/C20H29N5O4S/c1-21-20(22-10-8-18(26)24-16-9-12-30(28,29)14-16)23-13-15-4-6-17(7-5-15)25-11-2-3-19(25)27/h4-7,16H,2-3,8-14H2,1H3,(H,24,26)(H2,21,22,23). The van der Waals surface area contributed by atoms with Crippen LogP contribution in [0.15, 0.2) is 29.3 Å². The minimum Gasteiger partial charge on any atom is -0.356 e. The van der Waals surface area contributed by atoms with Crippen LogP contribution in [0.25, 0.3) is 0 Å². The SMILES string of the molecule is CN=C(NCCC(=O)NC1CCS(=O)(=O)C1)NCc1ccc(N2CCCC2=O)cc1. The number of amides is 2. The first-order valence-corrected chi connectivity index (χ1v) is 12.0. The third kappa shape index (κ3) is 6.19. The number of sulfone groups is 1. The molecule has 1 unspecified atom stereocenters. The fraction of sp³-hybridized carbons (Fsp3) is 0.550. The normalized spacial score (nSPS) is 21.0. The van der Waals surface area contributed by atoms with Gasteiger partial charge in [-0.25, -0.2) is 8.42 Å². The molecule has 2 heterocycles. The highest BCUT2D eigenvalue weighted by atomic mass is 32.2. The third-order valence-corrected chi connectivity index (χ3v) is 7.01. The van der Waals surface area contributed by atoms with E-state index in [1.54, 1.807) is 7.05 Å². The molecule has 0 spiro atoms. The molecule has 10 heteroatoms. The Morgan fingerprint density at radius 1 is 1.23 bits per heavy atom. The van der Waals surface area contributed by atoms with Gasteiger partial charge in [-0.05, 0) is 30.5 Å². The lowest BCUT2D eigenvalue weighted by Gasteiger charge is -2.16. The van der Waals surface area contributed by atoms with Gasteiger partial charge < -0.3 is 20.9 Å². The zero-order valence-electron chi connectivity index (χ0n) is 17.2. The molecule has 2 fully saturated rings. The molecule has 3 N–H and O–H groups in total. The van der Waals surface area contributed by atoms with Crippen molar-refractivity contribution in [2.75, 3.05) is 36.5 Å². The van der Waals surface area contributed by atoms with Gasteiger partial charge in [-0.1, -0.05) is 12.1 Å². The van der Waals surface area contributed by atoms with Gasteiger partial charge in [0, 0.05) is 51.3 Å². The van der Waals surface area contributed by atoms with Crippen LogP contribution in [0.5, 0.6) is 0 Å². The van der Waals surface area contributed by atoms with Crippen LogP contribution in [0, 0.1) is 0 Å². The molecule has 1 aromatic rings. The monoisotopic (exact) mass is 435 g/mol. The lowest BCUT2D eigenvalue weighted by molar-refractivity contribution is -0.121. The van der Waals surface area contributed by atoms with Crippen molar-refractivity contribution in [3.63, 3.8) is 0 Å². The highest BCUT2D eigenvalue weighted by molar-refractivity contribution is 7.91. The predicted molar refractivity (Wildman–Crippen MR) is 116 cm³/mol. The summed E-state index contributed by atoms with van der Waals surface area (Å²) in [6.07, 6.45) is 2.23. The smallest absolute Gasteiger partial charge is 0.227 e. The van der Waals surface area contributed by atoms with Crippen LogP contribution >= 0.6 is 0 Å². The van der Waals surface area contributed by atoms with Crippen molar-refractivity contribution in [1.82, 2.24) is 16.0 Å². The summed E-state index contributed by atoms with van der Waals surface area (Å²) in [6, 6.07) is 7.57. The van der Waals surface area contributed by atoms with Gasteiger partial charge in [-0.3, -0.25) is 14.6 Å². The lowest BCUT2D eigenvalue weighted by Crippen LogP contribution is -2.40. The first kappa shape index (κ1) is 22.1. The molecule has 30 heavy (non-hydrogen) atoms. The Morgan fingerprint density at radius 2 is 2.00 bits per heavy atom. The van der Waals surface area contributed by atoms with Crippen molar-refractivity contribution in [1.29, 1.82) is 0 Å². The van der Waals surface area contributed by atoms with Crippen LogP contribution in [0.1, 0.15) is 31.2 Å². The van der Waals surface area contributed by atoms with Crippen LogP contribution in [0.2, 0.25) is 0 Å². The highest BCUT2D eigenvalue weighted by Crippen LogP contribution is 2.21. The third-order valence-electron chi connectivity index (χ3n) is 5.25. The summed E-state index contributed by atoms with van der Waals surface area (Å²) < 4.78 is 22.9. The van der Waals surface area contributed by atoms with Crippen molar-refractivity contribution in [3.8, 4) is 0 Å². The van der Waals surface area contributed by atoms with E-state index in [0.29, 0.717) is 31.9 Å². The highest BCUT2D eigenvalue weighted by Gasteiger charge is 2.28. The van der Waals surface area contributed by atoms with Gasteiger partial charge in [0.25, 0.3) is 0 Å². The summed E-state index contributed by atoms with van der Waals surface area (Å²) in [7, 11) is -1.35. The second-order valence-corrected chi connectivity index (χ2v) is 9.81. The molecular weight excluding hydrogens is 406 g/mol. The molecule has 0 aliphatic carbocycles.